The molecule has 2 unspecified atom stereocenters. The van der Waals surface area contributed by atoms with Crippen LogP contribution in [0.25, 0.3) is 0 Å². The van der Waals surface area contributed by atoms with Crippen LogP contribution in [0.2, 0.25) is 5.02 Å². The van der Waals surface area contributed by atoms with E-state index in [9.17, 15) is 9.18 Å². The summed E-state index contributed by atoms with van der Waals surface area (Å²) in [5.41, 5.74) is 0.311. The topological polar surface area (TPSA) is 32.3 Å². The standard InChI is InChI=1S/C15H18ClFN2O.ClH/c16-12-2-1-3-13(17)11(12)8-15(20)19-7-5-14-10(9-19)4-6-18-14;/h1-3,10,14,18H,4-9H2;1H. The summed E-state index contributed by atoms with van der Waals surface area (Å²) in [6.07, 6.45) is 2.16. The Morgan fingerprint density at radius 3 is 3.00 bits per heavy atom. The number of carbonyl (C=O) groups excluding carboxylic acids is 1. The highest BCUT2D eigenvalue weighted by Gasteiger charge is 2.34. The summed E-state index contributed by atoms with van der Waals surface area (Å²) in [5.74, 6) is 0.120. The Kier molecular flexibility index (Phi) is 5.47. The van der Waals surface area contributed by atoms with E-state index in [0.29, 0.717) is 22.5 Å². The van der Waals surface area contributed by atoms with Gasteiger partial charge in [-0.1, -0.05) is 17.7 Å². The second-order valence-electron chi connectivity index (χ2n) is 5.61. The molecule has 0 saturated carbocycles. The molecule has 3 rings (SSSR count). The molecule has 0 aliphatic carbocycles. The fourth-order valence-electron chi connectivity index (χ4n) is 3.24. The molecule has 0 bridgehead atoms. The van der Waals surface area contributed by atoms with Gasteiger partial charge in [-0.15, -0.1) is 12.4 Å². The largest absolute Gasteiger partial charge is 0.342 e. The number of likely N-dealkylation sites (tertiary alicyclic amines) is 1. The lowest BCUT2D eigenvalue weighted by Crippen LogP contribution is -2.47. The first kappa shape index (κ1) is 16.5. The van der Waals surface area contributed by atoms with E-state index in [1.807, 2.05) is 4.90 Å². The minimum absolute atomic E-state index is 0. The summed E-state index contributed by atoms with van der Waals surface area (Å²) >= 11 is 5.98. The second kappa shape index (κ2) is 6.95. The molecule has 1 aromatic carbocycles. The average molecular weight is 333 g/mol. The number of halogens is 3. The smallest absolute Gasteiger partial charge is 0.227 e. The van der Waals surface area contributed by atoms with Crippen LogP contribution in [0.1, 0.15) is 18.4 Å². The van der Waals surface area contributed by atoms with Crippen molar-refractivity contribution in [2.45, 2.75) is 25.3 Å². The van der Waals surface area contributed by atoms with Gasteiger partial charge in [-0.25, -0.2) is 4.39 Å². The van der Waals surface area contributed by atoms with Gasteiger partial charge in [0.05, 0.1) is 6.42 Å². The molecular formula is C15H19Cl2FN2O. The molecule has 2 atom stereocenters. The molecule has 2 saturated heterocycles. The third-order valence-corrected chi connectivity index (χ3v) is 4.75. The number of rotatable bonds is 2. The van der Waals surface area contributed by atoms with Gasteiger partial charge in [-0.2, -0.15) is 0 Å². The molecule has 21 heavy (non-hydrogen) atoms. The van der Waals surface area contributed by atoms with Gasteiger partial charge in [0, 0.05) is 29.7 Å². The Labute approximate surface area is 135 Å². The lowest BCUT2D eigenvalue weighted by Gasteiger charge is -2.35. The molecular weight excluding hydrogens is 314 g/mol. The van der Waals surface area contributed by atoms with Crippen molar-refractivity contribution in [2.24, 2.45) is 5.92 Å². The molecule has 6 heteroatoms. The maximum Gasteiger partial charge on any atom is 0.227 e. The normalized spacial score (nSPS) is 24.4. The van der Waals surface area contributed by atoms with Crippen LogP contribution in [0.5, 0.6) is 0 Å². The van der Waals surface area contributed by atoms with Crippen molar-refractivity contribution >= 4 is 29.9 Å². The van der Waals surface area contributed by atoms with Crippen molar-refractivity contribution in [3.8, 4) is 0 Å². The van der Waals surface area contributed by atoms with Crippen LogP contribution in [0.3, 0.4) is 0 Å². The molecule has 0 radical (unpaired) electrons. The maximum atomic E-state index is 13.7. The zero-order valence-electron chi connectivity index (χ0n) is 11.6. The third kappa shape index (κ3) is 3.50. The van der Waals surface area contributed by atoms with Gasteiger partial charge < -0.3 is 10.2 Å². The van der Waals surface area contributed by atoms with Crippen molar-refractivity contribution in [1.82, 2.24) is 10.2 Å². The van der Waals surface area contributed by atoms with Crippen molar-refractivity contribution in [3.05, 3.63) is 34.6 Å². The Morgan fingerprint density at radius 1 is 1.43 bits per heavy atom. The Balaban J connectivity index is 0.00000161. The first-order chi connectivity index (χ1) is 9.65. The number of carbonyl (C=O) groups is 1. The number of piperidine rings is 1. The van der Waals surface area contributed by atoms with Crippen molar-refractivity contribution < 1.29 is 9.18 Å². The molecule has 0 spiro atoms. The first-order valence-electron chi connectivity index (χ1n) is 7.09. The monoisotopic (exact) mass is 332 g/mol. The summed E-state index contributed by atoms with van der Waals surface area (Å²) in [4.78, 5) is 14.2. The van der Waals surface area contributed by atoms with Gasteiger partial charge >= 0.3 is 0 Å². The quantitative estimate of drug-likeness (QED) is 0.902. The Bertz CT molecular complexity index is 506. The number of nitrogens with one attached hydrogen (secondary N) is 1. The summed E-state index contributed by atoms with van der Waals surface area (Å²) in [6.45, 7) is 2.57. The van der Waals surface area contributed by atoms with E-state index in [1.165, 1.54) is 6.07 Å². The number of benzene rings is 1. The van der Waals surface area contributed by atoms with Gasteiger partial charge in [0.15, 0.2) is 0 Å². The molecule has 2 heterocycles. The summed E-state index contributed by atoms with van der Waals surface area (Å²) in [5, 5.41) is 3.80. The molecule has 0 aromatic heterocycles. The van der Waals surface area contributed by atoms with E-state index < -0.39 is 5.82 Å². The van der Waals surface area contributed by atoms with Crippen LogP contribution in [-0.2, 0) is 11.2 Å². The molecule has 2 aliphatic heterocycles. The second-order valence-corrected chi connectivity index (χ2v) is 6.02. The summed E-state index contributed by atoms with van der Waals surface area (Å²) in [7, 11) is 0. The zero-order valence-corrected chi connectivity index (χ0v) is 13.2. The van der Waals surface area contributed by atoms with Crippen LogP contribution in [0.4, 0.5) is 4.39 Å². The van der Waals surface area contributed by atoms with Crippen LogP contribution in [0.15, 0.2) is 18.2 Å². The fourth-order valence-corrected chi connectivity index (χ4v) is 3.47. The highest BCUT2D eigenvalue weighted by molar-refractivity contribution is 6.31. The fraction of sp³-hybridized carbons (Fsp3) is 0.533. The minimum atomic E-state index is -0.400. The number of hydrogen-bond donors (Lipinski definition) is 1. The maximum absolute atomic E-state index is 13.7. The van der Waals surface area contributed by atoms with Gasteiger partial charge in [-0.05, 0) is 37.4 Å². The lowest BCUT2D eigenvalue weighted by molar-refractivity contribution is -0.132. The van der Waals surface area contributed by atoms with Gasteiger partial charge in [0.2, 0.25) is 5.91 Å². The number of fused-ring (bicyclic) bond motifs is 1. The first-order valence-corrected chi connectivity index (χ1v) is 7.47. The van der Waals surface area contributed by atoms with Crippen molar-refractivity contribution in [2.75, 3.05) is 19.6 Å². The molecule has 1 N–H and O–H groups in total. The predicted molar refractivity (Wildman–Crippen MR) is 83.5 cm³/mol. The van der Waals surface area contributed by atoms with E-state index in [1.54, 1.807) is 12.1 Å². The van der Waals surface area contributed by atoms with E-state index in [4.69, 9.17) is 11.6 Å². The van der Waals surface area contributed by atoms with E-state index >= 15 is 0 Å². The third-order valence-electron chi connectivity index (χ3n) is 4.40. The zero-order chi connectivity index (χ0) is 14.1. The van der Waals surface area contributed by atoms with E-state index in [2.05, 4.69) is 5.32 Å². The SMILES string of the molecule is Cl.O=C(Cc1c(F)cccc1Cl)N1CCC2NCCC2C1. The predicted octanol–water partition coefficient (Wildman–Crippen LogP) is 2.65. The molecule has 2 fully saturated rings. The molecule has 3 nitrogen and oxygen atoms in total. The van der Waals surface area contributed by atoms with Crippen molar-refractivity contribution in [1.29, 1.82) is 0 Å². The minimum Gasteiger partial charge on any atom is -0.342 e. The highest BCUT2D eigenvalue weighted by atomic mass is 35.5. The molecule has 2 aliphatic rings. The van der Waals surface area contributed by atoms with Crippen LogP contribution in [-0.4, -0.2) is 36.5 Å². The molecule has 1 aromatic rings. The number of amides is 1. The molecule has 1 amide bonds. The highest BCUT2D eigenvalue weighted by Crippen LogP contribution is 2.26. The van der Waals surface area contributed by atoms with E-state index in [-0.39, 0.29) is 24.7 Å². The number of hydrogen-bond acceptors (Lipinski definition) is 2. The Hall–Kier alpha value is -0.840. The summed E-state index contributed by atoms with van der Waals surface area (Å²) < 4.78 is 13.7. The van der Waals surface area contributed by atoms with Gasteiger partial charge in [0.1, 0.15) is 5.82 Å². The molecule has 116 valence electrons. The van der Waals surface area contributed by atoms with E-state index in [0.717, 1.165) is 32.5 Å². The van der Waals surface area contributed by atoms with Gasteiger partial charge in [0.25, 0.3) is 0 Å². The summed E-state index contributed by atoms with van der Waals surface area (Å²) in [6, 6.07) is 5.08. The van der Waals surface area contributed by atoms with Crippen LogP contribution in [0, 0.1) is 11.7 Å². The van der Waals surface area contributed by atoms with Crippen molar-refractivity contribution in [3.63, 3.8) is 0 Å². The Morgan fingerprint density at radius 2 is 2.24 bits per heavy atom. The van der Waals surface area contributed by atoms with Crippen LogP contribution < -0.4 is 5.32 Å². The number of nitrogens with zero attached hydrogens (tertiary/aromatic N) is 1. The average Bonchev–Trinajstić information content (AvgIpc) is 2.90. The lowest BCUT2D eigenvalue weighted by atomic mass is 9.93. The van der Waals surface area contributed by atoms with Gasteiger partial charge in [-0.3, -0.25) is 4.79 Å². The van der Waals surface area contributed by atoms with Crippen LogP contribution >= 0.6 is 24.0 Å².